The molecule has 6 nitrogen and oxygen atoms in total. The van der Waals surface area contributed by atoms with E-state index in [0.717, 1.165) is 57.2 Å². The largest absolute Gasteiger partial charge is 0.354 e. The van der Waals surface area contributed by atoms with Crippen LogP contribution in [0.5, 0.6) is 0 Å². The first kappa shape index (κ1) is 17.2. The van der Waals surface area contributed by atoms with E-state index in [0.29, 0.717) is 12.5 Å². The lowest BCUT2D eigenvalue weighted by Gasteiger charge is -2.34. The molecule has 1 atom stereocenters. The molecule has 6 heteroatoms. The van der Waals surface area contributed by atoms with Gasteiger partial charge < -0.3 is 20.4 Å². The Morgan fingerprint density at radius 2 is 2.08 bits per heavy atom. The van der Waals surface area contributed by atoms with Gasteiger partial charge in [0.05, 0.1) is 0 Å². The maximum absolute atomic E-state index is 12.2. The van der Waals surface area contributed by atoms with Crippen molar-refractivity contribution in [1.29, 1.82) is 0 Å². The zero-order valence-electron chi connectivity index (χ0n) is 14.8. The quantitative estimate of drug-likeness (QED) is 0.803. The fraction of sp³-hybridized carbons (Fsp3) is 0.667. The Bertz CT molecular complexity index is 535. The number of aromatic nitrogens is 1. The molecule has 1 unspecified atom stereocenters. The number of anilines is 1. The zero-order valence-corrected chi connectivity index (χ0v) is 14.8. The van der Waals surface area contributed by atoms with E-state index in [1.165, 1.54) is 0 Å². The molecule has 1 amide bonds. The summed E-state index contributed by atoms with van der Waals surface area (Å²) in [5.41, 5.74) is 1.05. The van der Waals surface area contributed by atoms with E-state index >= 15 is 0 Å². The normalized spacial score (nSPS) is 20.5. The van der Waals surface area contributed by atoms with Crippen LogP contribution in [0.2, 0.25) is 0 Å². The smallest absolute Gasteiger partial charge is 0.223 e. The average molecular weight is 331 g/mol. The van der Waals surface area contributed by atoms with Gasteiger partial charge in [-0.15, -0.1) is 0 Å². The molecule has 0 radical (unpaired) electrons. The highest BCUT2D eigenvalue weighted by atomic mass is 16.1. The first-order valence-corrected chi connectivity index (χ1v) is 9.08. The van der Waals surface area contributed by atoms with Gasteiger partial charge in [0.1, 0.15) is 5.82 Å². The van der Waals surface area contributed by atoms with Gasteiger partial charge in [-0.3, -0.25) is 4.79 Å². The number of carbonyl (C=O) groups excluding carboxylic acids is 1. The Balaban J connectivity index is 1.47. The van der Waals surface area contributed by atoms with Crippen molar-refractivity contribution in [2.24, 2.45) is 11.8 Å². The molecule has 2 aliphatic rings. The predicted octanol–water partition coefficient (Wildman–Crippen LogP) is 0.695. The number of hydrogen-bond acceptors (Lipinski definition) is 5. The predicted molar refractivity (Wildman–Crippen MR) is 95.9 cm³/mol. The van der Waals surface area contributed by atoms with E-state index in [2.05, 4.69) is 44.5 Å². The molecule has 24 heavy (non-hydrogen) atoms. The van der Waals surface area contributed by atoms with Gasteiger partial charge in [-0.25, -0.2) is 4.98 Å². The highest BCUT2D eigenvalue weighted by Crippen LogP contribution is 2.17. The first-order chi connectivity index (χ1) is 11.7. The van der Waals surface area contributed by atoms with Crippen molar-refractivity contribution >= 4 is 11.7 Å². The summed E-state index contributed by atoms with van der Waals surface area (Å²) < 4.78 is 0. The van der Waals surface area contributed by atoms with E-state index in [-0.39, 0.29) is 11.8 Å². The van der Waals surface area contributed by atoms with Crippen LogP contribution < -0.4 is 15.5 Å². The summed E-state index contributed by atoms with van der Waals surface area (Å²) in [7, 11) is 0. The van der Waals surface area contributed by atoms with Gasteiger partial charge in [-0.2, -0.15) is 0 Å². The number of nitrogens with one attached hydrogen (secondary N) is 2. The van der Waals surface area contributed by atoms with Crippen LogP contribution in [0.1, 0.15) is 19.4 Å². The Morgan fingerprint density at radius 3 is 2.62 bits per heavy atom. The lowest BCUT2D eigenvalue weighted by molar-refractivity contribution is -0.126. The van der Waals surface area contributed by atoms with E-state index < -0.39 is 0 Å². The van der Waals surface area contributed by atoms with Crippen molar-refractivity contribution in [3.05, 3.63) is 23.9 Å². The number of nitrogens with zero attached hydrogens (tertiary/aromatic N) is 3. The summed E-state index contributed by atoms with van der Waals surface area (Å²) in [6.07, 6.45) is 1.89. The van der Waals surface area contributed by atoms with E-state index in [1.54, 1.807) is 0 Å². The van der Waals surface area contributed by atoms with Crippen LogP contribution in [0.3, 0.4) is 0 Å². The molecule has 2 fully saturated rings. The van der Waals surface area contributed by atoms with Gasteiger partial charge in [0, 0.05) is 44.8 Å². The molecule has 3 heterocycles. The fourth-order valence-electron chi connectivity index (χ4n) is 3.23. The molecule has 0 bridgehead atoms. The van der Waals surface area contributed by atoms with Gasteiger partial charge in [-0.05, 0) is 37.2 Å². The zero-order chi connectivity index (χ0) is 16.9. The number of pyridine rings is 1. The molecule has 0 aliphatic carbocycles. The van der Waals surface area contributed by atoms with Crippen LogP contribution in [0.15, 0.2) is 18.3 Å². The maximum Gasteiger partial charge on any atom is 0.223 e. The molecule has 1 aromatic rings. The van der Waals surface area contributed by atoms with Crippen molar-refractivity contribution in [1.82, 2.24) is 20.5 Å². The van der Waals surface area contributed by atoms with Gasteiger partial charge in [0.15, 0.2) is 0 Å². The van der Waals surface area contributed by atoms with Gasteiger partial charge in [0.2, 0.25) is 5.91 Å². The second kappa shape index (κ2) is 7.94. The van der Waals surface area contributed by atoms with E-state index in [4.69, 9.17) is 0 Å². The first-order valence-electron chi connectivity index (χ1n) is 9.08. The number of carbonyl (C=O) groups is 1. The van der Waals surface area contributed by atoms with Crippen molar-refractivity contribution < 1.29 is 4.79 Å². The Kier molecular flexibility index (Phi) is 5.68. The van der Waals surface area contributed by atoms with Crippen LogP contribution in [0, 0.1) is 11.8 Å². The van der Waals surface area contributed by atoms with Crippen LogP contribution in [-0.2, 0) is 11.3 Å². The molecule has 2 saturated heterocycles. The van der Waals surface area contributed by atoms with Gasteiger partial charge >= 0.3 is 0 Å². The van der Waals surface area contributed by atoms with Gasteiger partial charge in [-0.1, -0.05) is 19.9 Å². The second-order valence-corrected chi connectivity index (χ2v) is 6.87. The molecule has 0 saturated carbocycles. The average Bonchev–Trinajstić information content (AvgIpc) is 2.58. The summed E-state index contributed by atoms with van der Waals surface area (Å²) in [6.45, 7) is 12.1. The summed E-state index contributed by atoms with van der Waals surface area (Å²) >= 11 is 0. The van der Waals surface area contributed by atoms with Crippen molar-refractivity contribution in [3.8, 4) is 0 Å². The number of likely N-dealkylation sites (N-methyl/N-ethyl adjacent to an activating group) is 1. The molecule has 2 N–H and O–H groups in total. The molecule has 0 aromatic carbocycles. The topological polar surface area (TPSA) is 60.5 Å². The minimum atomic E-state index is 0.0772. The maximum atomic E-state index is 12.2. The minimum Gasteiger partial charge on any atom is -0.354 e. The lowest BCUT2D eigenvalue weighted by atomic mass is 9.88. The fourth-order valence-corrected chi connectivity index (χ4v) is 3.23. The number of hydrogen-bond donors (Lipinski definition) is 2. The number of amides is 1. The molecule has 3 rings (SSSR count). The van der Waals surface area contributed by atoms with Crippen LogP contribution in [-0.4, -0.2) is 61.6 Å². The number of rotatable bonds is 6. The SMILES string of the molecule is CCN1CCN(c2ccc(CNC(=O)C(C)C3CNC3)cn2)CC1. The van der Waals surface area contributed by atoms with Crippen LogP contribution in [0.25, 0.3) is 0 Å². The molecule has 2 aliphatic heterocycles. The summed E-state index contributed by atoms with van der Waals surface area (Å²) in [6, 6.07) is 4.15. The standard InChI is InChI=1S/C18H29N5O/c1-3-22-6-8-23(9-7-22)17-5-4-15(10-20-17)11-21-18(24)14(2)16-12-19-13-16/h4-5,10,14,16,19H,3,6-9,11-13H2,1-2H3,(H,21,24). The lowest BCUT2D eigenvalue weighted by Crippen LogP contribution is -2.49. The Labute approximate surface area is 144 Å². The van der Waals surface area contributed by atoms with E-state index in [9.17, 15) is 4.79 Å². The molecular weight excluding hydrogens is 302 g/mol. The monoisotopic (exact) mass is 331 g/mol. The highest BCUT2D eigenvalue weighted by Gasteiger charge is 2.28. The summed E-state index contributed by atoms with van der Waals surface area (Å²) in [5.74, 6) is 1.73. The Morgan fingerprint density at radius 1 is 1.33 bits per heavy atom. The molecule has 132 valence electrons. The summed E-state index contributed by atoms with van der Waals surface area (Å²) in [4.78, 5) is 21.5. The van der Waals surface area contributed by atoms with E-state index in [1.807, 2.05) is 13.1 Å². The third kappa shape index (κ3) is 4.05. The minimum absolute atomic E-state index is 0.0772. The summed E-state index contributed by atoms with van der Waals surface area (Å²) in [5, 5.41) is 6.25. The molecular formula is C18H29N5O. The Hall–Kier alpha value is -1.66. The molecule has 1 aromatic heterocycles. The third-order valence-corrected chi connectivity index (χ3v) is 5.35. The molecule has 0 spiro atoms. The van der Waals surface area contributed by atoms with Crippen molar-refractivity contribution in [2.75, 3.05) is 50.7 Å². The number of piperazine rings is 1. The highest BCUT2D eigenvalue weighted by molar-refractivity contribution is 5.78. The second-order valence-electron chi connectivity index (χ2n) is 6.87. The van der Waals surface area contributed by atoms with Gasteiger partial charge in [0.25, 0.3) is 0 Å². The van der Waals surface area contributed by atoms with Crippen molar-refractivity contribution in [3.63, 3.8) is 0 Å². The van der Waals surface area contributed by atoms with Crippen LogP contribution >= 0.6 is 0 Å². The van der Waals surface area contributed by atoms with Crippen LogP contribution in [0.4, 0.5) is 5.82 Å². The van der Waals surface area contributed by atoms with Crippen molar-refractivity contribution in [2.45, 2.75) is 20.4 Å². The third-order valence-electron chi connectivity index (χ3n) is 5.35.